The molecule has 0 aliphatic carbocycles. The SMILES string of the molecule is [C-]#[N+]c1cc(-n2c3ccccc3c3c2ccc2c4ccccc4n(-c4ccccc4)c23)c(C#N)c(-n2c3ccccc3c3c2ccc2c4ccccc4n(-c4ccccc4)c23)c1-c1ccccc1. The molecule has 10 aromatic carbocycles. The summed E-state index contributed by atoms with van der Waals surface area (Å²) in [5.41, 5.74) is 14.1. The first kappa shape index (κ1) is 37.7. The van der Waals surface area contributed by atoms with Crippen LogP contribution in [0.2, 0.25) is 0 Å². The van der Waals surface area contributed by atoms with E-state index in [1.165, 1.54) is 5.39 Å². The summed E-state index contributed by atoms with van der Waals surface area (Å²) in [6.07, 6.45) is 0. The van der Waals surface area contributed by atoms with Crippen molar-refractivity contribution in [3.8, 4) is 39.9 Å². The topological polar surface area (TPSA) is 47.9 Å². The van der Waals surface area contributed by atoms with Crippen LogP contribution in [-0.4, -0.2) is 18.3 Å². The Hall–Kier alpha value is -9.62. The first-order valence-corrected chi connectivity index (χ1v) is 22.8. The molecular weight excluding hydrogens is 829 g/mol. The minimum atomic E-state index is 0.455. The first-order chi connectivity index (χ1) is 33.7. The molecule has 0 unspecified atom stereocenters. The fourth-order valence-electron chi connectivity index (χ4n) is 11.3. The van der Waals surface area contributed by atoms with Crippen molar-refractivity contribution in [2.75, 3.05) is 0 Å². The maximum atomic E-state index is 12.0. The molecule has 4 heterocycles. The van der Waals surface area contributed by atoms with Crippen molar-refractivity contribution >= 4 is 92.9 Å². The van der Waals surface area contributed by atoms with Gasteiger partial charge >= 0.3 is 0 Å². The standard InChI is InChI=1S/C62H36N6/c1-64-49-37-56(67-52-31-17-13-27-46(52)58-54(67)35-33-44-42-25-11-15-29-50(42)65(60(44)58)40-21-7-3-8-22-40)48(38-63)62(57(49)39-19-5-2-6-20-39)68-53-32-18-14-28-47(53)59-55(68)36-34-45-43-26-12-16-30-51(43)66(61(45)59)41-23-9-4-10-24-41/h2-37H. The number of para-hydroxylation sites is 6. The molecule has 0 atom stereocenters. The number of hydrogen-bond acceptors (Lipinski definition) is 1. The zero-order chi connectivity index (χ0) is 45.0. The molecule has 0 radical (unpaired) electrons. The molecule has 0 amide bonds. The van der Waals surface area contributed by atoms with Crippen LogP contribution in [0.1, 0.15) is 5.56 Å². The molecule has 6 nitrogen and oxygen atoms in total. The molecular formula is C62H36N6. The van der Waals surface area contributed by atoms with Crippen molar-refractivity contribution in [2.45, 2.75) is 0 Å². The Morgan fingerprint density at radius 3 is 1.28 bits per heavy atom. The Labute approximate surface area is 390 Å². The van der Waals surface area contributed by atoms with Crippen molar-refractivity contribution in [1.29, 1.82) is 5.26 Å². The van der Waals surface area contributed by atoms with Crippen LogP contribution in [0.4, 0.5) is 5.69 Å². The van der Waals surface area contributed by atoms with Gasteiger partial charge in [0.05, 0.1) is 67.6 Å². The summed E-state index contributed by atoms with van der Waals surface area (Å²) in [4.78, 5) is 4.35. The maximum Gasteiger partial charge on any atom is 0.199 e. The number of hydrogen-bond donors (Lipinski definition) is 0. The van der Waals surface area contributed by atoms with Gasteiger partial charge in [-0.15, -0.1) is 0 Å². The van der Waals surface area contributed by atoms with Crippen molar-refractivity contribution in [2.24, 2.45) is 0 Å². The van der Waals surface area contributed by atoms with Gasteiger partial charge in [0.1, 0.15) is 6.07 Å². The molecule has 0 saturated heterocycles. The Morgan fingerprint density at radius 1 is 0.382 bits per heavy atom. The maximum absolute atomic E-state index is 12.0. The van der Waals surface area contributed by atoms with Gasteiger partial charge in [-0.3, -0.25) is 0 Å². The third-order valence-corrected chi connectivity index (χ3v) is 14.0. The van der Waals surface area contributed by atoms with Gasteiger partial charge in [-0.1, -0.05) is 152 Å². The fourth-order valence-corrected chi connectivity index (χ4v) is 11.3. The van der Waals surface area contributed by atoms with Crippen LogP contribution >= 0.6 is 0 Å². The van der Waals surface area contributed by atoms with Gasteiger partial charge in [0, 0.05) is 60.0 Å². The number of rotatable bonds is 5. The van der Waals surface area contributed by atoms with Gasteiger partial charge in [-0.25, -0.2) is 4.85 Å². The van der Waals surface area contributed by atoms with E-state index in [2.05, 4.69) is 211 Å². The average Bonchev–Trinajstić information content (AvgIpc) is 4.13. The summed E-state index contributed by atoms with van der Waals surface area (Å²) in [7, 11) is 0. The van der Waals surface area contributed by atoms with Gasteiger partial charge < -0.3 is 18.3 Å². The van der Waals surface area contributed by atoms with Crippen LogP contribution in [0.15, 0.2) is 218 Å². The molecule has 0 bridgehead atoms. The van der Waals surface area contributed by atoms with Gasteiger partial charge in [0.15, 0.2) is 5.69 Å². The zero-order valence-electron chi connectivity index (χ0n) is 36.5. The molecule has 14 rings (SSSR count). The number of aromatic nitrogens is 4. The second kappa shape index (κ2) is 14.4. The van der Waals surface area contributed by atoms with Gasteiger partial charge in [0.25, 0.3) is 0 Å². The van der Waals surface area contributed by atoms with Crippen molar-refractivity contribution < 1.29 is 0 Å². The van der Waals surface area contributed by atoms with E-state index in [0.717, 1.165) is 98.8 Å². The van der Waals surface area contributed by atoms with E-state index in [9.17, 15) is 5.26 Å². The van der Waals surface area contributed by atoms with E-state index in [1.807, 2.05) is 36.4 Å². The zero-order valence-corrected chi connectivity index (χ0v) is 36.5. The van der Waals surface area contributed by atoms with E-state index < -0.39 is 0 Å². The largest absolute Gasteiger partial charge is 0.309 e. The van der Waals surface area contributed by atoms with Gasteiger partial charge in [0.2, 0.25) is 0 Å². The van der Waals surface area contributed by atoms with Crippen molar-refractivity contribution in [1.82, 2.24) is 18.3 Å². The molecule has 0 fully saturated rings. The molecule has 14 aromatic rings. The van der Waals surface area contributed by atoms with Crippen molar-refractivity contribution in [3.63, 3.8) is 0 Å². The van der Waals surface area contributed by atoms with Crippen LogP contribution in [0.3, 0.4) is 0 Å². The van der Waals surface area contributed by atoms with E-state index in [0.29, 0.717) is 28.2 Å². The molecule has 0 aliphatic rings. The number of nitriles is 1. The highest BCUT2D eigenvalue weighted by Crippen LogP contribution is 2.49. The fraction of sp³-hybridized carbons (Fsp3) is 0. The number of fused-ring (bicyclic) bond motifs is 14. The second-order valence-electron chi connectivity index (χ2n) is 17.4. The lowest BCUT2D eigenvalue weighted by Crippen LogP contribution is -2.07. The van der Waals surface area contributed by atoms with Crippen LogP contribution in [0.5, 0.6) is 0 Å². The Morgan fingerprint density at radius 2 is 0.794 bits per heavy atom. The van der Waals surface area contributed by atoms with Crippen LogP contribution in [-0.2, 0) is 0 Å². The lowest BCUT2D eigenvalue weighted by molar-refractivity contribution is 1.12. The van der Waals surface area contributed by atoms with E-state index in [-0.39, 0.29) is 0 Å². The second-order valence-corrected chi connectivity index (χ2v) is 17.4. The quantitative estimate of drug-likeness (QED) is 0.159. The molecule has 0 N–H and O–H groups in total. The minimum Gasteiger partial charge on any atom is -0.309 e. The van der Waals surface area contributed by atoms with E-state index in [1.54, 1.807) is 0 Å². The lowest BCUT2D eigenvalue weighted by Gasteiger charge is -2.21. The summed E-state index contributed by atoms with van der Waals surface area (Å²) >= 11 is 0. The molecule has 68 heavy (non-hydrogen) atoms. The predicted octanol–water partition coefficient (Wildman–Crippen LogP) is 16.2. The monoisotopic (exact) mass is 864 g/mol. The lowest BCUT2D eigenvalue weighted by atomic mass is 9.96. The van der Waals surface area contributed by atoms with E-state index >= 15 is 0 Å². The average molecular weight is 865 g/mol. The smallest absolute Gasteiger partial charge is 0.199 e. The Kier molecular flexibility index (Phi) is 8.01. The third kappa shape index (κ3) is 5.09. The summed E-state index contributed by atoms with van der Waals surface area (Å²) in [5, 5.41) is 20.9. The van der Waals surface area contributed by atoms with Crippen molar-refractivity contribution in [3.05, 3.63) is 235 Å². The number of nitrogens with zero attached hydrogens (tertiary/aromatic N) is 6. The van der Waals surface area contributed by atoms with Crippen LogP contribution in [0, 0.1) is 17.9 Å². The van der Waals surface area contributed by atoms with E-state index in [4.69, 9.17) is 6.57 Å². The Balaban J connectivity index is 1.17. The summed E-state index contributed by atoms with van der Waals surface area (Å²) in [6, 6.07) is 79.0. The third-order valence-electron chi connectivity index (χ3n) is 14.0. The number of benzene rings is 10. The molecule has 0 spiro atoms. The molecule has 0 aliphatic heterocycles. The summed E-state index contributed by atoms with van der Waals surface area (Å²) < 4.78 is 9.23. The highest BCUT2D eigenvalue weighted by Gasteiger charge is 2.29. The molecule has 4 aromatic heterocycles. The molecule has 314 valence electrons. The van der Waals surface area contributed by atoms with Gasteiger partial charge in [-0.05, 0) is 72.3 Å². The van der Waals surface area contributed by atoms with Crippen LogP contribution < -0.4 is 0 Å². The predicted molar refractivity (Wildman–Crippen MR) is 280 cm³/mol. The summed E-state index contributed by atoms with van der Waals surface area (Å²) in [6.45, 7) is 8.96. The minimum absolute atomic E-state index is 0.455. The highest BCUT2D eigenvalue weighted by molar-refractivity contribution is 6.28. The highest BCUT2D eigenvalue weighted by atomic mass is 15.1. The normalized spacial score (nSPS) is 11.8. The molecule has 6 heteroatoms. The Bertz CT molecular complexity index is 4500. The molecule has 0 saturated carbocycles. The van der Waals surface area contributed by atoms with Crippen LogP contribution in [0.25, 0.3) is 126 Å². The van der Waals surface area contributed by atoms with Gasteiger partial charge in [-0.2, -0.15) is 5.26 Å². The summed E-state index contributed by atoms with van der Waals surface area (Å²) in [5.74, 6) is 0. The first-order valence-electron chi connectivity index (χ1n) is 22.8.